The molecule has 128 valence electrons. The zero-order valence-corrected chi connectivity index (χ0v) is 14.3. The van der Waals surface area contributed by atoms with E-state index in [1.54, 1.807) is 25.5 Å². The first-order valence-corrected chi connectivity index (χ1v) is 8.10. The lowest BCUT2D eigenvalue weighted by Gasteiger charge is -2.10. The highest BCUT2D eigenvalue weighted by molar-refractivity contribution is 5.68. The van der Waals surface area contributed by atoms with Crippen LogP contribution in [0.25, 0.3) is 22.7 Å². The Morgan fingerprint density at radius 3 is 2.65 bits per heavy atom. The van der Waals surface area contributed by atoms with Gasteiger partial charge in [0.2, 0.25) is 17.7 Å². The van der Waals surface area contributed by atoms with E-state index in [1.165, 1.54) is 0 Å². The van der Waals surface area contributed by atoms with E-state index >= 15 is 0 Å². The van der Waals surface area contributed by atoms with Gasteiger partial charge >= 0.3 is 0 Å². The topological polar surface area (TPSA) is 89.6 Å². The Bertz CT molecular complexity index is 1040. The number of nitrogens with zero attached hydrogens (tertiary/aromatic N) is 5. The van der Waals surface area contributed by atoms with Gasteiger partial charge in [0.05, 0.1) is 5.69 Å². The number of anilines is 2. The van der Waals surface area contributed by atoms with Crippen LogP contribution < -0.4 is 5.32 Å². The molecule has 0 aliphatic carbocycles. The minimum absolute atomic E-state index is 0.482. The Hall–Kier alpha value is -3.61. The number of aryl methyl sites for hydroxylation is 2. The first-order chi connectivity index (χ1) is 12.7. The average molecular weight is 344 g/mol. The molecule has 3 heterocycles. The molecule has 0 spiro atoms. The number of hydrogen-bond donors (Lipinski definition) is 1. The predicted octanol–water partition coefficient (Wildman–Crippen LogP) is 3.95. The zero-order valence-electron chi connectivity index (χ0n) is 14.3. The summed E-state index contributed by atoms with van der Waals surface area (Å²) < 4.78 is 5.50. The molecule has 0 saturated carbocycles. The fourth-order valence-electron chi connectivity index (χ4n) is 2.52. The van der Waals surface area contributed by atoms with Gasteiger partial charge in [-0.1, -0.05) is 6.07 Å². The molecule has 0 aliphatic rings. The van der Waals surface area contributed by atoms with Crippen LogP contribution in [0, 0.1) is 13.8 Å². The molecule has 0 atom stereocenters. The van der Waals surface area contributed by atoms with Gasteiger partial charge in [-0.3, -0.25) is 4.98 Å². The Labute approximate surface area is 150 Å². The van der Waals surface area contributed by atoms with E-state index in [9.17, 15) is 0 Å². The van der Waals surface area contributed by atoms with Crippen molar-refractivity contribution in [2.24, 2.45) is 0 Å². The van der Waals surface area contributed by atoms with Crippen LogP contribution in [0.2, 0.25) is 0 Å². The van der Waals surface area contributed by atoms with Crippen molar-refractivity contribution in [3.63, 3.8) is 0 Å². The maximum atomic E-state index is 5.50. The molecule has 26 heavy (non-hydrogen) atoms. The van der Waals surface area contributed by atoms with Gasteiger partial charge in [-0.2, -0.15) is 0 Å². The van der Waals surface area contributed by atoms with Gasteiger partial charge in [-0.25, -0.2) is 9.97 Å². The standard InChI is InChI=1S/C19H16N6O/c1-12-5-6-14(18-25-24-13(2)26-18)10-17(12)23-19-21-9-7-16(22-19)15-4-3-8-20-11-15/h3-11H,1-2H3,(H,21,22,23). The summed E-state index contributed by atoms with van der Waals surface area (Å²) in [5.41, 5.74) is 4.51. The molecule has 1 aromatic carbocycles. The zero-order chi connectivity index (χ0) is 17.9. The van der Waals surface area contributed by atoms with Gasteiger partial charge in [-0.15, -0.1) is 10.2 Å². The molecule has 0 fully saturated rings. The van der Waals surface area contributed by atoms with E-state index < -0.39 is 0 Å². The SMILES string of the molecule is Cc1nnc(-c2ccc(C)c(Nc3nccc(-c4cccnc4)n3)c2)o1. The van der Waals surface area contributed by atoms with Crippen LogP contribution in [0.4, 0.5) is 11.6 Å². The highest BCUT2D eigenvalue weighted by Crippen LogP contribution is 2.26. The highest BCUT2D eigenvalue weighted by atomic mass is 16.4. The average Bonchev–Trinajstić information content (AvgIpc) is 3.11. The first kappa shape index (κ1) is 15.9. The van der Waals surface area contributed by atoms with Crippen LogP contribution in [0.3, 0.4) is 0 Å². The van der Waals surface area contributed by atoms with Crippen molar-refractivity contribution < 1.29 is 4.42 Å². The predicted molar refractivity (Wildman–Crippen MR) is 97.8 cm³/mol. The van der Waals surface area contributed by atoms with E-state index in [4.69, 9.17) is 4.42 Å². The third kappa shape index (κ3) is 3.27. The van der Waals surface area contributed by atoms with E-state index in [1.807, 2.05) is 43.3 Å². The summed E-state index contributed by atoms with van der Waals surface area (Å²) in [6.07, 6.45) is 5.23. The smallest absolute Gasteiger partial charge is 0.247 e. The summed E-state index contributed by atoms with van der Waals surface area (Å²) in [6.45, 7) is 3.78. The molecule has 7 nitrogen and oxygen atoms in total. The normalized spacial score (nSPS) is 10.7. The molecule has 0 saturated heterocycles. The van der Waals surface area contributed by atoms with Crippen LogP contribution in [0.15, 0.2) is 59.4 Å². The Morgan fingerprint density at radius 1 is 0.962 bits per heavy atom. The fraction of sp³-hybridized carbons (Fsp3) is 0.105. The van der Waals surface area contributed by atoms with Crippen molar-refractivity contribution in [3.05, 3.63) is 66.4 Å². The van der Waals surface area contributed by atoms with E-state index in [0.717, 1.165) is 28.1 Å². The minimum Gasteiger partial charge on any atom is -0.421 e. The largest absolute Gasteiger partial charge is 0.421 e. The number of rotatable bonds is 4. The molecule has 0 unspecified atom stereocenters. The quantitative estimate of drug-likeness (QED) is 0.599. The van der Waals surface area contributed by atoms with Crippen LogP contribution in [0.5, 0.6) is 0 Å². The number of benzene rings is 1. The van der Waals surface area contributed by atoms with E-state index in [-0.39, 0.29) is 0 Å². The minimum atomic E-state index is 0.482. The molecule has 4 rings (SSSR count). The summed E-state index contributed by atoms with van der Waals surface area (Å²) >= 11 is 0. The second-order valence-corrected chi connectivity index (χ2v) is 5.79. The van der Waals surface area contributed by atoms with Gasteiger partial charge in [0, 0.05) is 42.3 Å². The summed E-state index contributed by atoms with van der Waals surface area (Å²) in [5.74, 6) is 1.52. The van der Waals surface area contributed by atoms with E-state index in [0.29, 0.717) is 17.7 Å². The Morgan fingerprint density at radius 2 is 1.88 bits per heavy atom. The van der Waals surface area contributed by atoms with Gasteiger partial charge < -0.3 is 9.73 Å². The lowest BCUT2D eigenvalue weighted by atomic mass is 10.1. The number of hydrogen-bond acceptors (Lipinski definition) is 7. The Kier molecular flexibility index (Phi) is 4.10. The number of aromatic nitrogens is 5. The van der Waals surface area contributed by atoms with Crippen LogP contribution >= 0.6 is 0 Å². The third-order valence-corrected chi connectivity index (χ3v) is 3.87. The van der Waals surface area contributed by atoms with Crippen molar-refractivity contribution in [1.82, 2.24) is 25.1 Å². The van der Waals surface area contributed by atoms with Crippen LogP contribution in [-0.2, 0) is 0 Å². The summed E-state index contributed by atoms with van der Waals surface area (Å²) in [6, 6.07) is 11.6. The maximum Gasteiger partial charge on any atom is 0.247 e. The van der Waals surface area contributed by atoms with Gasteiger partial charge in [0.1, 0.15) is 0 Å². The van der Waals surface area contributed by atoms with E-state index in [2.05, 4.69) is 30.5 Å². The van der Waals surface area contributed by atoms with Crippen molar-refractivity contribution in [1.29, 1.82) is 0 Å². The summed E-state index contributed by atoms with van der Waals surface area (Å²) in [5, 5.41) is 11.2. The Balaban J connectivity index is 1.65. The van der Waals surface area contributed by atoms with Crippen molar-refractivity contribution in [2.45, 2.75) is 13.8 Å². The lowest BCUT2D eigenvalue weighted by Crippen LogP contribution is -2.00. The lowest BCUT2D eigenvalue weighted by molar-refractivity contribution is 0.533. The van der Waals surface area contributed by atoms with Gasteiger partial charge in [-0.05, 0) is 42.8 Å². The molecule has 0 amide bonds. The molecule has 3 aromatic heterocycles. The molecular weight excluding hydrogens is 328 g/mol. The summed E-state index contributed by atoms with van der Waals surface area (Å²) in [4.78, 5) is 13.0. The molecular formula is C19H16N6O. The monoisotopic (exact) mass is 344 g/mol. The van der Waals surface area contributed by atoms with Crippen molar-refractivity contribution in [3.8, 4) is 22.7 Å². The first-order valence-electron chi connectivity index (χ1n) is 8.10. The van der Waals surface area contributed by atoms with Crippen molar-refractivity contribution >= 4 is 11.6 Å². The third-order valence-electron chi connectivity index (χ3n) is 3.87. The number of pyridine rings is 1. The fourth-order valence-corrected chi connectivity index (χ4v) is 2.52. The van der Waals surface area contributed by atoms with Crippen LogP contribution in [-0.4, -0.2) is 25.1 Å². The molecule has 1 N–H and O–H groups in total. The molecule has 0 radical (unpaired) electrons. The van der Waals surface area contributed by atoms with Crippen molar-refractivity contribution in [2.75, 3.05) is 5.32 Å². The summed E-state index contributed by atoms with van der Waals surface area (Å²) in [7, 11) is 0. The molecule has 7 heteroatoms. The number of nitrogens with one attached hydrogen (secondary N) is 1. The highest BCUT2D eigenvalue weighted by Gasteiger charge is 2.10. The second kappa shape index (κ2) is 6.72. The van der Waals surface area contributed by atoms with Gasteiger partial charge in [0.25, 0.3) is 0 Å². The van der Waals surface area contributed by atoms with Crippen LogP contribution in [0.1, 0.15) is 11.5 Å². The molecule has 4 aromatic rings. The second-order valence-electron chi connectivity index (χ2n) is 5.79. The maximum absolute atomic E-state index is 5.50. The molecule has 0 aliphatic heterocycles. The molecule has 0 bridgehead atoms. The van der Waals surface area contributed by atoms with Gasteiger partial charge in [0.15, 0.2) is 0 Å².